The van der Waals surface area contributed by atoms with Gasteiger partial charge < -0.3 is 14.4 Å². The van der Waals surface area contributed by atoms with E-state index >= 15 is 0 Å². The highest BCUT2D eigenvalue weighted by Gasteiger charge is 2.26. The minimum absolute atomic E-state index is 0.00206. The van der Waals surface area contributed by atoms with Gasteiger partial charge in [0.2, 0.25) is 0 Å². The summed E-state index contributed by atoms with van der Waals surface area (Å²) in [7, 11) is 0. The lowest BCUT2D eigenvalue weighted by molar-refractivity contribution is 0.00692. The third-order valence-electron chi connectivity index (χ3n) is 4.47. The van der Waals surface area contributed by atoms with Gasteiger partial charge >= 0.3 is 11.9 Å². The summed E-state index contributed by atoms with van der Waals surface area (Å²) >= 11 is 0. The van der Waals surface area contributed by atoms with E-state index in [1.165, 1.54) is 6.07 Å². The Morgan fingerprint density at radius 2 is 1.81 bits per heavy atom. The van der Waals surface area contributed by atoms with Crippen LogP contribution in [-0.4, -0.2) is 33.0 Å². The normalized spacial score (nSPS) is 14.0. The molecule has 0 bridgehead atoms. The van der Waals surface area contributed by atoms with E-state index in [1.807, 2.05) is 20.8 Å². The Bertz CT molecular complexity index is 900. The number of aromatic carboxylic acids is 1. The van der Waals surface area contributed by atoms with E-state index in [0.717, 1.165) is 17.7 Å². The van der Waals surface area contributed by atoms with Crippen molar-refractivity contribution < 1.29 is 24.2 Å². The largest absolute Gasteiger partial charge is 0.477 e. The van der Waals surface area contributed by atoms with E-state index in [0.29, 0.717) is 30.5 Å². The number of Topliss-reactive ketones (excluding diaryl/α,β-unsaturated/α-hetero) is 1. The number of aromatic nitrogens is 1. The number of ketones is 1. The third-order valence-corrected chi connectivity index (χ3v) is 4.47. The summed E-state index contributed by atoms with van der Waals surface area (Å²) in [6, 6.07) is 8.38. The van der Waals surface area contributed by atoms with Gasteiger partial charge in [0.25, 0.3) is 0 Å². The second-order valence-electron chi connectivity index (χ2n) is 7.76. The number of nitrogens with zero attached hydrogens (tertiary/aromatic N) is 1. The summed E-state index contributed by atoms with van der Waals surface area (Å²) in [5, 5.41) is 9.51. The Hall–Kier alpha value is -2.89. The lowest BCUT2D eigenvalue weighted by atomic mass is 9.96. The Kier molecular flexibility index (Phi) is 4.91. The van der Waals surface area contributed by atoms with Gasteiger partial charge in [-0.1, -0.05) is 12.1 Å². The molecule has 1 aliphatic rings. The van der Waals surface area contributed by atoms with Crippen LogP contribution in [0, 0.1) is 0 Å². The van der Waals surface area contributed by atoms with Gasteiger partial charge in [-0.25, -0.2) is 9.59 Å². The first-order valence-electron chi connectivity index (χ1n) is 8.97. The van der Waals surface area contributed by atoms with E-state index in [-0.39, 0.29) is 11.5 Å². The molecule has 0 atom stereocenters. The molecule has 0 fully saturated rings. The van der Waals surface area contributed by atoms with Crippen molar-refractivity contribution in [2.24, 2.45) is 0 Å². The van der Waals surface area contributed by atoms with Crippen LogP contribution < -0.4 is 0 Å². The third kappa shape index (κ3) is 4.10. The van der Waals surface area contributed by atoms with E-state index in [9.17, 15) is 19.5 Å². The number of benzene rings is 1. The molecule has 0 unspecified atom stereocenters. The van der Waals surface area contributed by atoms with Gasteiger partial charge in [0, 0.05) is 24.2 Å². The smallest absolute Gasteiger partial charge is 0.352 e. The van der Waals surface area contributed by atoms with E-state index < -0.39 is 17.5 Å². The topological polar surface area (TPSA) is 85.6 Å². The fourth-order valence-corrected chi connectivity index (χ4v) is 3.27. The Morgan fingerprint density at radius 3 is 2.41 bits per heavy atom. The van der Waals surface area contributed by atoms with Crippen LogP contribution in [0.5, 0.6) is 0 Å². The van der Waals surface area contributed by atoms with Crippen LogP contribution >= 0.6 is 0 Å². The quantitative estimate of drug-likeness (QED) is 0.831. The molecule has 3 rings (SSSR count). The van der Waals surface area contributed by atoms with Gasteiger partial charge in [0.05, 0.1) is 5.56 Å². The zero-order valence-electron chi connectivity index (χ0n) is 15.7. The van der Waals surface area contributed by atoms with Crippen LogP contribution in [-0.2, 0) is 17.7 Å². The van der Waals surface area contributed by atoms with Crippen LogP contribution in [0.3, 0.4) is 0 Å². The number of esters is 1. The maximum Gasteiger partial charge on any atom is 0.352 e. The van der Waals surface area contributed by atoms with Crippen molar-refractivity contribution in [1.82, 2.24) is 4.57 Å². The maximum atomic E-state index is 12.1. The van der Waals surface area contributed by atoms with E-state index in [4.69, 9.17) is 4.74 Å². The molecule has 1 aromatic carbocycles. The molecule has 6 nitrogen and oxygen atoms in total. The summed E-state index contributed by atoms with van der Waals surface area (Å²) in [5.41, 5.74) is 2.14. The van der Waals surface area contributed by atoms with Gasteiger partial charge in [-0.2, -0.15) is 0 Å². The van der Waals surface area contributed by atoms with Gasteiger partial charge in [0.15, 0.2) is 5.78 Å². The lowest BCUT2D eigenvalue weighted by Gasteiger charge is -2.19. The molecule has 1 heterocycles. The summed E-state index contributed by atoms with van der Waals surface area (Å²) < 4.78 is 7.04. The summed E-state index contributed by atoms with van der Waals surface area (Å²) in [6.07, 6.45) is 1.87. The van der Waals surface area contributed by atoms with E-state index in [2.05, 4.69) is 0 Å². The zero-order chi connectivity index (χ0) is 19.8. The van der Waals surface area contributed by atoms with Gasteiger partial charge in [0.1, 0.15) is 11.3 Å². The lowest BCUT2D eigenvalue weighted by Crippen LogP contribution is -2.23. The first-order valence-corrected chi connectivity index (χ1v) is 8.97. The van der Waals surface area contributed by atoms with Crippen molar-refractivity contribution >= 4 is 17.7 Å². The molecule has 0 radical (unpaired) electrons. The van der Waals surface area contributed by atoms with Crippen LogP contribution in [0.15, 0.2) is 30.3 Å². The van der Waals surface area contributed by atoms with Crippen LogP contribution in [0.2, 0.25) is 0 Å². The van der Waals surface area contributed by atoms with Crippen molar-refractivity contribution in [3.05, 3.63) is 58.4 Å². The minimum Gasteiger partial charge on any atom is -0.477 e. The molecule has 0 aliphatic heterocycles. The highest BCUT2D eigenvalue weighted by molar-refractivity contribution is 6.01. The fraction of sp³-hybridized carbons (Fsp3) is 0.381. The number of hydrogen-bond acceptors (Lipinski definition) is 4. The molecule has 2 aromatic rings. The minimum atomic E-state index is -1.05. The number of carboxylic acid groups (broad SMARTS) is 1. The van der Waals surface area contributed by atoms with Gasteiger partial charge in [-0.3, -0.25) is 4.79 Å². The predicted molar refractivity (Wildman–Crippen MR) is 99.4 cm³/mol. The van der Waals surface area contributed by atoms with Crippen molar-refractivity contribution in [3.63, 3.8) is 0 Å². The fourth-order valence-electron chi connectivity index (χ4n) is 3.27. The Morgan fingerprint density at radius 1 is 1.15 bits per heavy atom. The monoisotopic (exact) mass is 369 g/mol. The molecule has 0 amide bonds. The molecule has 0 saturated carbocycles. The van der Waals surface area contributed by atoms with Gasteiger partial charge in [-0.05, 0) is 57.4 Å². The maximum absolute atomic E-state index is 12.1. The molecule has 27 heavy (non-hydrogen) atoms. The number of fused-ring (bicyclic) bond motifs is 1. The standard InChI is InChI=1S/C21H23NO5/c1-21(2,3)27-20(26)14-9-7-13(8-10-14)12-22-16-5-4-6-18(23)15(16)11-17(22)19(24)25/h7-11H,4-6,12H2,1-3H3,(H,24,25). The number of hydrogen-bond donors (Lipinski definition) is 1. The molecule has 1 aliphatic carbocycles. The number of carboxylic acids is 1. The van der Waals surface area contributed by atoms with E-state index in [1.54, 1.807) is 28.8 Å². The van der Waals surface area contributed by atoms with Crippen LogP contribution in [0.4, 0.5) is 0 Å². The highest BCUT2D eigenvalue weighted by Crippen LogP contribution is 2.26. The molecular formula is C21H23NO5. The SMILES string of the molecule is CC(C)(C)OC(=O)c1ccc(Cn2c(C(=O)O)cc3c2CCCC3=O)cc1. The zero-order valence-corrected chi connectivity index (χ0v) is 15.7. The first-order chi connectivity index (χ1) is 12.7. The van der Waals surface area contributed by atoms with Crippen molar-refractivity contribution in [2.45, 2.75) is 52.2 Å². The number of ether oxygens (including phenoxy) is 1. The number of carbonyl (C=O) groups excluding carboxylic acids is 2. The summed E-state index contributed by atoms with van der Waals surface area (Å²) in [6.45, 7) is 5.76. The first kappa shape index (κ1) is 18.9. The Labute approximate surface area is 157 Å². The molecule has 6 heteroatoms. The number of rotatable bonds is 4. The van der Waals surface area contributed by atoms with Crippen molar-refractivity contribution in [2.75, 3.05) is 0 Å². The van der Waals surface area contributed by atoms with Crippen molar-refractivity contribution in [1.29, 1.82) is 0 Å². The van der Waals surface area contributed by atoms with Gasteiger partial charge in [-0.15, -0.1) is 0 Å². The van der Waals surface area contributed by atoms with Crippen LogP contribution in [0.1, 0.15) is 76.1 Å². The average Bonchev–Trinajstić information content (AvgIpc) is 2.94. The Balaban J connectivity index is 1.87. The number of carbonyl (C=O) groups is 3. The molecule has 1 aromatic heterocycles. The summed E-state index contributed by atoms with van der Waals surface area (Å²) in [4.78, 5) is 35.8. The average molecular weight is 369 g/mol. The van der Waals surface area contributed by atoms with Crippen LogP contribution in [0.25, 0.3) is 0 Å². The molecule has 1 N–H and O–H groups in total. The molecule has 0 spiro atoms. The van der Waals surface area contributed by atoms with Crippen molar-refractivity contribution in [3.8, 4) is 0 Å². The molecular weight excluding hydrogens is 346 g/mol. The second-order valence-corrected chi connectivity index (χ2v) is 7.76. The molecule has 0 saturated heterocycles. The molecule has 142 valence electrons. The highest BCUT2D eigenvalue weighted by atomic mass is 16.6. The second kappa shape index (κ2) is 7.02. The predicted octanol–water partition coefficient (Wildman–Crippen LogP) is 3.71. The summed E-state index contributed by atoms with van der Waals surface area (Å²) in [5.74, 6) is -1.45.